The minimum atomic E-state index is 0.529. The van der Waals surface area contributed by atoms with E-state index in [1.54, 1.807) is 0 Å². The van der Waals surface area contributed by atoms with Gasteiger partial charge in [-0.3, -0.25) is 0 Å². The van der Waals surface area contributed by atoms with Crippen molar-refractivity contribution in [3.63, 3.8) is 0 Å². The number of hydrogen-bond acceptors (Lipinski definition) is 3. The van der Waals surface area contributed by atoms with Crippen molar-refractivity contribution in [2.24, 2.45) is 5.73 Å². The molecule has 0 unspecified atom stereocenters. The molecule has 0 amide bonds. The SMILES string of the molecule is NCCc1cnn(C2CCCC2)c1N. The van der Waals surface area contributed by atoms with Crippen molar-refractivity contribution in [1.82, 2.24) is 9.78 Å². The smallest absolute Gasteiger partial charge is 0.125 e. The highest BCUT2D eigenvalue weighted by Crippen LogP contribution is 2.31. The molecule has 1 aliphatic rings. The van der Waals surface area contributed by atoms with Crippen molar-refractivity contribution in [2.45, 2.75) is 38.1 Å². The van der Waals surface area contributed by atoms with Crippen molar-refractivity contribution in [1.29, 1.82) is 0 Å². The first-order valence-corrected chi connectivity index (χ1v) is 5.35. The number of anilines is 1. The number of hydrogen-bond donors (Lipinski definition) is 2. The number of nitrogen functional groups attached to an aromatic ring is 1. The van der Waals surface area contributed by atoms with E-state index in [0.29, 0.717) is 12.6 Å². The fourth-order valence-corrected chi connectivity index (χ4v) is 2.20. The zero-order valence-corrected chi connectivity index (χ0v) is 8.45. The van der Waals surface area contributed by atoms with Gasteiger partial charge in [0, 0.05) is 5.56 Å². The van der Waals surface area contributed by atoms with Gasteiger partial charge in [0.05, 0.1) is 12.2 Å². The lowest BCUT2D eigenvalue weighted by Crippen LogP contribution is -2.11. The molecule has 0 spiro atoms. The third-order valence-corrected chi connectivity index (χ3v) is 3.00. The summed E-state index contributed by atoms with van der Waals surface area (Å²) in [6, 6.07) is 0.529. The number of rotatable bonds is 3. The first-order chi connectivity index (χ1) is 6.83. The van der Waals surface area contributed by atoms with E-state index in [1.807, 2.05) is 10.9 Å². The van der Waals surface area contributed by atoms with Crippen LogP contribution in [0.15, 0.2) is 6.20 Å². The second-order valence-corrected chi connectivity index (χ2v) is 3.98. The molecule has 1 aliphatic carbocycles. The zero-order valence-electron chi connectivity index (χ0n) is 8.45. The van der Waals surface area contributed by atoms with E-state index in [1.165, 1.54) is 25.7 Å². The van der Waals surface area contributed by atoms with E-state index in [-0.39, 0.29) is 0 Å². The minimum absolute atomic E-state index is 0.529. The molecule has 0 radical (unpaired) electrons. The van der Waals surface area contributed by atoms with E-state index < -0.39 is 0 Å². The first kappa shape index (κ1) is 9.52. The monoisotopic (exact) mass is 194 g/mol. The Bertz CT molecular complexity index is 299. The van der Waals surface area contributed by atoms with E-state index in [0.717, 1.165) is 17.8 Å². The van der Waals surface area contributed by atoms with Crippen LogP contribution >= 0.6 is 0 Å². The van der Waals surface area contributed by atoms with Gasteiger partial charge in [-0.25, -0.2) is 4.68 Å². The summed E-state index contributed by atoms with van der Waals surface area (Å²) < 4.78 is 1.98. The summed E-state index contributed by atoms with van der Waals surface area (Å²) in [6.45, 7) is 0.639. The molecule has 0 atom stereocenters. The van der Waals surface area contributed by atoms with Gasteiger partial charge in [0.2, 0.25) is 0 Å². The lowest BCUT2D eigenvalue weighted by atomic mass is 10.2. The molecule has 1 saturated carbocycles. The fraction of sp³-hybridized carbons (Fsp3) is 0.700. The van der Waals surface area contributed by atoms with Gasteiger partial charge in [-0.05, 0) is 25.8 Å². The highest BCUT2D eigenvalue weighted by molar-refractivity contribution is 5.39. The molecule has 0 bridgehead atoms. The van der Waals surface area contributed by atoms with Crippen molar-refractivity contribution in [3.8, 4) is 0 Å². The normalized spacial score (nSPS) is 17.8. The van der Waals surface area contributed by atoms with Crippen LogP contribution in [-0.2, 0) is 6.42 Å². The van der Waals surface area contributed by atoms with Gasteiger partial charge in [0.15, 0.2) is 0 Å². The zero-order chi connectivity index (χ0) is 9.97. The van der Waals surface area contributed by atoms with Gasteiger partial charge in [-0.1, -0.05) is 12.8 Å². The maximum Gasteiger partial charge on any atom is 0.125 e. The molecule has 2 rings (SSSR count). The van der Waals surface area contributed by atoms with Gasteiger partial charge < -0.3 is 11.5 Å². The van der Waals surface area contributed by atoms with Crippen LogP contribution in [0.1, 0.15) is 37.3 Å². The number of aromatic nitrogens is 2. The van der Waals surface area contributed by atoms with Gasteiger partial charge in [0.1, 0.15) is 5.82 Å². The lowest BCUT2D eigenvalue weighted by Gasteiger charge is -2.11. The molecule has 1 fully saturated rings. The molecule has 1 aromatic heterocycles. The molecule has 4 nitrogen and oxygen atoms in total. The topological polar surface area (TPSA) is 69.9 Å². The van der Waals surface area contributed by atoms with Crippen molar-refractivity contribution >= 4 is 5.82 Å². The maximum atomic E-state index is 6.01. The number of nitrogens with two attached hydrogens (primary N) is 2. The van der Waals surface area contributed by atoms with Crippen LogP contribution in [0.3, 0.4) is 0 Å². The highest BCUT2D eigenvalue weighted by Gasteiger charge is 2.20. The Morgan fingerprint density at radius 1 is 1.43 bits per heavy atom. The standard InChI is InChI=1S/C10H18N4/c11-6-5-8-7-13-14(10(8)12)9-3-1-2-4-9/h7,9H,1-6,11-12H2. The quantitative estimate of drug-likeness (QED) is 0.756. The van der Waals surface area contributed by atoms with E-state index in [4.69, 9.17) is 11.5 Å². The molecule has 1 aromatic rings. The van der Waals surface area contributed by atoms with E-state index >= 15 is 0 Å². The summed E-state index contributed by atoms with van der Waals surface area (Å²) in [7, 11) is 0. The molecule has 78 valence electrons. The summed E-state index contributed by atoms with van der Waals surface area (Å²) in [4.78, 5) is 0. The molecule has 0 aromatic carbocycles. The molecule has 14 heavy (non-hydrogen) atoms. The molecule has 0 saturated heterocycles. The van der Waals surface area contributed by atoms with Crippen LogP contribution in [0.25, 0.3) is 0 Å². The summed E-state index contributed by atoms with van der Waals surface area (Å²) in [5, 5.41) is 4.35. The van der Waals surface area contributed by atoms with Gasteiger partial charge in [-0.15, -0.1) is 0 Å². The van der Waals surface area contributed by atoms with Gasteiger partial charge >= 0.3 is 0 Å². The van der Waals surface area contributed by atoms with Crippen LogP contribution in [0, 0.1) is 0 Å². The summed E-state index contributed by atoms with van der Waals surface area (Å²) in [5.74, 6) is 0.822. The molecule has 4 heteroatoms. The average Bonchev–Trinajstić information content (AvgIpc) is 2.77. The van der Waals surface area contributed by atoms with E-state index in [2.05, 4.69) is 5.10 Å². The summed E-state index contributed by atoms with van der Waals surface area (Å²) >= 11 is 0. The average molecular weight is 194 g/mol. The molecular formula is C10H18N4. The van der Waals surface area contributed by atoms with Crippen LogP contribution < -0.4 is 11.5 Å². The number of nitrogens with zero attached hydrogens (tertiary/aromatic N) is 2. The third-order valence-electron chi connectivity index (χ3n) is 3.00. The van der Waals surface area contributed by atoms with E-state index in [9.17, 15) is 0 Å². The van der Waals surface area contributed by atoms with Crippen molar-refractivity contribution in [2.75, 3.05) is 12.3 Å². The molecular weight excluding hydrogens is 176 g/mol. The van der Waals surface area contributed by atoms with Crippen LogP contribution in [-0.4, -0.2) is 16.3 Å². The molecule has 0 aliphatic heterocycles. The Morgan fingerprint density at radius 3 is 2.79 bits per heavy atom. The van der Waals surface area contributed by atoms with Crippen LogP contribution in [0.2, 0.25) is 0 Å². The summed E-state index contributed by atoms with van der Waals surface area (Å²) in [5.41, 5.74) is 12.6. The Labute approximate surface area is 84.3 Å². The lowest BCUT2D eigenvalue weighted by molar-refractivity contribution is 0.473. The third kappa shape index (κ3) is 1.62. The predicted octanol–water partition coefficient (Wildman–Crippen LogP) is 1.08. The van der Waals surface area contributed by atoms with Gasteiger partial charge in [-0.2, -0.15) is 5.10 Å². The Morgan fingerprint density at radius 2 is 2.14 bits per heavy atom. The Balaban J connectivity index is 2.17. The molecule has 4 N–H and O–H groups in total. The summed E-state index contributed by atoms with van der Waals surface area (Å²) in [6.07, 6.45) is 7.73. The second kappa shape index (κ2) is 4.00. The van der Waals surface area contributed by atoms with Crippen molar-refractivity contribution < 1.29 is 0 Å². The highest BCUT2D eigenvalue weighted by atomic mass is 15.3. The predicted molar refractivity (Wildman–Crippen MR) is 56.9 cm³/mol. The van der Waals surface area contributed by atoms with Gasteiger partial charge in [0.25, 0.3) is 0 Å². The fourth-order valence-electron chi connectivity index (χ4n) is 2.20. The Kier molecular flexibility index (Phi) is 2.72. The Hall–Kier alpha value is -1.03. The second-order valence-electron chi connectivity index (χ2n) is 3.98. The minimum Gasteiger partial charge on any atom is -0.384 e. The maximum absolute atomic E-state index is 6.01. The first-order valence-electron chi connectivity index (χ1n) is 5.35. The molecule has 1 heterocycles. The largest absolute Gasteiger partial charge is 0.384 e. The van der Waals surface area contributed by atoms with Crippen molar-refractivity contribution in [3.05, 3.63) is 11.8 Å². The van der Waals surface area contributed by atoms with Crippen LogP contribution in [0.5, 0.6) is 0 Å². The van der Waals surface area contributed by atoms with Crippen LogP contribution in [0.4, 0.5) is 5.82 Å².